The number of halogens is 2. The van der Waals surface area contributed by atoms with Crippen LogP contribution >= 0.6 is 24.8 Å². The number of nitrogens with zero attached hydrogens (tertiary/aromatic N) is 3. The minimum Gasteiger partial charge on any atom is -0.383 e. The second-order valence-corrected chi connectivity index (χ2v) is 4.62. The van der Waals surface area contributed by atoms with E-state index in [0.29, 0.717) is 5.82 Å². The van der Waals surface area contributed by atoms with Gasteiger partial charge < -0.3 is 15.8 Å². The van der Waals surface area contributed by atoms with Gasteiger partial charge in [0, 0.05) is 38.3 Å². The highest BCUT2D eigenvalue weighted by Gasteiger charge is 2.14. The lowest BCUT2D eigenvalue weighted by Gasteiger charge is -2.09. The fourth-order valence-corrected chi connectivity index (χ4v) is 1.82. The molecule has 0 aromatic carbocycles. The molecule has 2 aromatic rings. The zero-order valence-corrected chi connectivity index (χ0v) is 14.3. The van der Waals surface area contributed by atoms with Crippen molar-refractivity contribution in [1.82, 2.24) is 14.8 Å². The molecule has 1 amide bonds. The Morgan fingerprint density at radius 3 is 2.70 bits per heavy atom. The maximum atomic E-state index is 11.7. The Morgan fingerprint density at radius 1 is 1.35 bits per heavy atom. The molecule has 1 unspecified atom stereocenters. The van der Waals surface area contributed by atoms with Gasteiger partial charge >= 0.3 is 0 Å². The molecule has 9 heteroatoms. The number of pyridine rings is 1. The fraction of sp³-hybridized carbons (Fsp3) is 0.357. The van der Waals surface area contributed by atoms with Gasteiger partial charge in [0.25, 0.3) is 0 Å². The number of aromatic nitrogens is 3. The Balaban J connectivity index is 0.00000242. The van der Waals surface area contributed by atoms with E-state index in [1.165, 1.54) is 12.7 Å². The minimum absolute atomic E-state index is 0. The molecule has 23 heavy (non-hydrogen) atoms. The van der Waals surface area contributed by atoms with Crippen molar-refractivity contribution in [3.8, 4) is 0 Å². The van der Waals surface area contributed by atoms with Crippen LogP contribution in [-0.4, -0.2) is 40.4 Å². The lowest BCUT2D eigenvalue weighted by Crippen LogP contribution is -2.39. The number of hydrogen-bond acceptors (Lipinski definition) is 5. The number of nitrogens with two attached hydrogens (primary N) is 1. The number of nitrogens with one attached hydrogen (secondary N) is 1. The highest BCUT2D eigenvalue weighted by atomic mass is 35.5. The molecule has 2 aromatic heterocycles. The molecule has 2 heterocycles. The Morgan fingerprint density at radius 2 is 2.04 bits per heavy atom. The van der Waals surface area contributed by atoms with Crippen LogP contribution in [0, 0.1) is 0 Å². The number of amides is 1. The van der Waals surface area contributed by atoms with E-state index in [4.69, 9.17) is 10.5 Å². The molecule has 1 atom stereocenters. The average molecular weight is 362 g/mol. The van der Waals surface area contributed by atoms with Crippen LogP contribution in [0.3, 0.4) is 0 Å². The third-order valence-electron chi connectivity index (χ3n) is 2.95. The molecule has 3 N–H and O–H groups in total. The molecular formula is C14H21Cl2N5O2. The Labute approximate surface area is 147 Å². The molecule has 2 rings (SSSR count). The van der Waals surface area contributed by atoms with E-state index in [2.05, 4.69) is 15.4 Å². The largest absolute Gasteiger partial charge is 0.383 e. The fourth-order valence-electron chi connectivity index (χ4n) is 1.82. The molecular weight excluding hydrogens is 341 g/mol. The van der Waals surface area contributed by atoms with Gasteiger partial charge in [-0.3, -0.25) is 14.5 Å². The van der Waals surface area contributed by atoms with Crippen LogP contribution in [0.5, 0.6) is 0 Å². The number of anilines is 1. The van der Waals surface area contributed by atoms with Gasteiger partial charge in [-0.15, -0.1) is 24.8 Å². The summed E-state index contributed by atoms with van der Waals surface area (Å²) in [6.45, 7) is 0.901. The van der Waals surface area contributed by atoms with Crippen LogP contribution in [0.15, 0.2) is 36.8 Å². The highest BCUT2D eigenvalue weighted by Crippen LogP contribution is 2.05. The second-order valence-electron chi connectivity index (χ2n) is 4.62. The smallest absolute Gasteiger partial charge is 0.244 e. The summed E-state index contributed by atoms with van der Waals surface area (Å²) < 4.78 is 6.61. The zero-order chi connectivity index (χ0) is 15.1. The molecule has 0 aliphatic heterocycles. The van der Waals surface area contributed by atoms with E-state index >= 15 is 0 Å². The van der Waals surface area contributed by atoms with Crippen LogP contribution in [0.1, 0.15) is 5.56 Å². The molecule has 0 saturated carbocycles. The summed E-state index contributed by atoms with van der Waals surface area (Å²) in [4.78, 5) is 15.7. The number of carbonyl (C=O) groups is 1. The third-order valence-corrected chi connectivity index (χ3v) is 2.95. The van der Waals surface area contributed by atoms with Crippen LogP contribution < -0.4 is 11.1 Å². The number of ether oxygens (including phenoxy) is 1. The van der Waals surface area contributed by atoms with Gasteiger partial charge in [0.05, 0.1) is 6.61 Å². The highest BCUT2D eigenvalue weighted by molar-refractivity contribution is 5.93. The first-order valence-corrected chi connectivity index (χ1v) is 6.67. The van der Waals surface area contributed by atoms with Crippen LogP contribution in [0.25, 0.3) is 0 Å². The first kappa shape index (κ1) is 21.3. The maximum absolute atomic E-state index is 11.7. The van der Waals surface area contributed by atoms with Crippen molar-refractivity contribution in [3.63, 3.8) is 0 Å². The van der Waals surface area contributed by atoms with Crippen LogP contribution in [-0.2, 0) is 22.5 Å². The Hall–Kier alpha value is -1.67. The lowest BCUT2D eigenvalue weighted by atomic mass is 10.2. The molecule has 0 bridgehead atoms. The summed E-state index contributed by atoms with van der Waals surface area (Å²) in [5.41, 5.74) is 6.83. The Kier molecular flexibility index (Phi) is 10.2. The number of aryl methyl sites for hydroxylation is 2. The predicted molar refractivity (Wildman–Crippen MR) is 93.1 cm³/mol. The molecule has 0 saturated heterocycles. The Bertz CT molecular complexity index is 580. The first-order valence-electron chi connectivity index (χ1n) is 6.67. The standard InChI is InChI=1S/C14H19N5O2.2ClH/c1-21-10-12(15)14(20)17-13-5-9-19(18-13)8-4-11-2-6-16-7-3-11;;/h2-3,5-7,9,12H,4,8,10,15H2,1H3,(H,17,18,20);2*1H. The summed E-state index contributed by atoms with van der Waals surface area (Å²) in [5, 5.41) is 6.94. The van der Waals surface area contributed by atoms with E-state index in [-0.39, 0.29) is 37.3 Å². The molecule has 7 nitrogen and oxygen atoms in total. The molecule has 0 aliphatic carbocycles. The predicted octanol–water partition coefficient (Wildman–Crippen LogP) is 1.28. The molecule has 0 fully saturated rings. The summed E-state index contributed by atoms with van der Waals surface area (Å²) in [5.74, 6) is 0.178. The monoisotopic (exact) mass is 361 g/mol. The van der Waals surface area contributed by atoms with Crippen LogP contribution in [0.2, 0.25) is 0 Å². The molecule has 0 radical (unpaired) electrons. The number of hydrogen-bond donors (Lipinski definition) is 2. The van der Waals surface area contributed by atoms with E-state index in [9.17, 15) is 4.79 Å². The minimum atomic E-state index is -0.697. The van der Waals surface area contributed by atoms with Crippen molar-refractivity contribution < 1.29 is 9.53 Å². The van der Waals surface area contributed by atoms with E-state index < -0.39 is 6.04 Å². The third kappa shape index (κ3) is 6.96. The van der Waals surface area contributed by atoms with Crippen molar-refractivity contribution >= 4 is 36.5 Å². The summed E-state index contributed by atoms with van der Waals surface area (Å²) in [6, 6.07) is 4.98. The van der Waals surface area contributed by atoms with Gasteiger partial charge in [0.2, 0.25) is 5.91 Å². The number of carbonyl (C=O) groups excluding carboxylic acids is 1. The number of rotatable bonds is 7. The molecule has 0 aliphatic rings. The summed E-state index contributed by atoms with van der Waals surface area (Å²) in [7, 11) is 1.50. The van der Waals surface area contributed by atoms with Gasteiger partial charge in [-0.05, 0) is 24.1 Å². The SMILES string of the molecule is COCC(N)C(=O)Nc1ccn(CCc2ccncc2)n1.Cl.Cl. The molecule has 128 valence electrons. The normalized spacial score (nSPS) is 11.0. The zero-order valence-electron chi connectivity index (χ0n) is 12.7. The molecule has 0 spiro atoms. The van der Waals surface area contributed by atoms with E-state index in [0.717, 1.165) is 13.0 Å². The van der Waals surface area contributed by atoms with E-state index in [1.807, 2.05) is 18.3 Å². The van der Waals surface area contributed by atoms with Crippen molar-refractivity contribution in [2.24, 2.45) is 5.73 Å². The number of methoxy groups -OCH3 is 1. The maximum Gasteiger partial charge on any atom is 0.244 e. The second kappa shape index (κ2) is 11.0. The van der Waals surface area contributed by atoms with Crippen molar-refractivity contribution in [3.05, 3.63) is 42.4 Å². The average Bonchev–Trinajstić information content (AvgIpc) is 2.94. The van der Waals surface area contributed by atoms with E-state index in [1.54, 1.807) is 23.1 Å². The van der Waals surface area contributed by atoms with Gasteiger partial charge in [0.1, 0.15) is 6.04 Å². The topological polar surface area (TPSA) is 95.1 Å². The van der Waals surface area contributed by atoms with Crippen molar-refractivity contribution in [1.29, 1.82) is 0 Å². The van der Waals surface area contributed by atoms with Gasteiger partial charge in [-0.1, -0.05) is 0 Å². The van der Waals surface area contributed by atoms with Gasteiger partial charge in [-0.25, -0.2) is 0 Å². The lowest BCUT2D eigenvalue weighted by molar-refractivity contribution is -0.118. The van der Waals surface area contributed by atoms with Crippen LogP contribution in [0.4, 0.5) is 5.82 Å². The van der Waals surface area contributed by atoms with Gasteiger partial charge in [0.15, 0.2) is 5.82 Å². The quantitative estimate of drug-likeness (QED) is 0.774. The van der Waals surface area contributed by atoms with Gasteiger partial charge in [-0.2, -0.15) is 5.10 Å². The van der Waals surface area contributed by atoms with Crippen molar-refractivity contribution in [2.45, 2.75) is 19.0 Å². The first-order chi connectivity index (χ1) is 10.2. The summed E-state index contributed by atoms with van der Waals surface area (Å²) in [6.07, 6.45) is 6.20. The summed E-state index contributed by atoms with van der Waals surface area (Å²) >= 11 is 0. The van der Waals surface area contributed by atoms with Crippen molar-refractivity contribution in [2.75, 3.05) is 19.0 Å².